The Kier molecular flexibility index (Phi) is 7.21. The van der Waals surface area contributed by atoms with Gasteiger partial charge in [0.15, 0.2) is 0 Å². The highest BCUT2D eigenvalue weighted by Gasteiger charge is 2.21. The lowest BCUT2D eigenvalue weighted by atomic mass is 9.94. The number of hydrogen-bond acceptors (Lipinski definition) is 7. The zero-order valence-electron chi connectivity index (χ0n) is 21.7. The average molecular weight is 515 g/mol. The fourth-order valence-corrected chi connectivity index (χ4v) is 4.53. The second kappa shape index (κ2) is 10.9. The van der Waals surface area contributed by atoms with Crippen molar-refractivity contribution in [2.45, 2.75) is 39.7 Å². The summed E-state index contributed by atoms with van der Waals surface area (Å²) in [7, 11) is 1.61. The molecular formula is C28H30N6O4. The summed E-state index contributed by atoms with van der Waals surface area (Å²) < 4.78 is 14.6. The SMILES string of the molecule is CCc1cc2c(-c3ccc(=O)n(CCCOc4ccc(C5=NNC(=O)CC5C)cc4)n3)ccc(OC)n2n1. The summed E-state index contributed by atoms with van der Waals surface area (Å²) in [5.41, 5.74) is 7.57. The Morgan fingerprint density at radius 3 is 2.61 bits per heavy atom. The van der Waals surface area contributed by atoms with Crippen LogP contribution in [0.15, 0.2) is 64.5 Å². The Bertz CT molecular complexity index is 1550. The van der Waals surface area contributed by atoms with Crippen molar-refractivity contribution in [3.63, 3.8) is 0 Å². The van der Waals surface area contributed by atoms with Gasteiger partial charge in [0.1, 0.15) is 5.75 Å². The highest BCUT2D eigenvalue weighted by molar-refractivity contribution is 6.05. The average Bonchev–Trinajstić information content (AvgIpc) is 3.37. The van der Waals surface area contributed by atoms with Crippen LogP contribution in [0.2, 0.25) is 0 Å². The van der Waals surface area contributed by atoms with E-state index >= 15 is 0 Å². The van der Waals surface area contributed by atoms with E-state index < -0.39 is 0 Å². The van der Waals surface area contributed by atoms with Crippen LogP contribution in [0.25, 0.3) is 16.8 Å². The zero-order chi connectivity index (χ0) is 26.6. The number of methoxy groups -OCH3 is 1. The fraction of sp³-hybridized carbons (Fsp3) is 0.321. The second-order valence-electron chi connectivity index (χ2n) is 9.22. The molecule has 0 fully saturated rings. The molecule has 0 aliphatic carbocycles. The van der Waals surface area contributed by atoms with Gasteiger partial charge in [-0.3, -0.25) is 9.59 Å². The first-order valence-corrected chi connectivity index (χ1v) is 12.7. The van der Waals surface area contributed by atoms with Crippen molar-refractivity contribution in [3.8, 4) is 22.9 Å². The minimum Gasteiger partial charge on any atom is -0.494 e. The Balaban J connectivity index is 1.25. The molecule has 0 bridgehead atoms. The molecule has 1 atom stereocenters. The molecular weight excluding hydrogens is 484 g/mol. The fourth-order valence-electron chi connectivity index (χ4n) is 4.53. The van der Waals surface area contributed by atoms with Crippen LogP contribution in [0.1, 0.15) is 37.9 Å². The first-order valence-electron chi connectivity index (χ1n) is 12.7. The van der Waals surface area contributed by atoms with E-state index in [-0.39, 0.29) is 17.4 Å². The summed E-state index contributed by atoms with van der Waals surface area (Å²) in [5.74, 6) is 1.36. The predicted molar refractivity (Wildman–Crippen MR) is 144 cm³/mol. The highest BCUT2D eigenvalue weighted by Crippen LogP contribution is 2.27. The van der Waals surface area contributed by atoms with Crippen molar-refractivity contribution in [2.24, 2.45) is 11.0 Å². The Morgan fingerprint density at radius 1 is 1.05 bits per heavy atom. The largest absolute Gasteiger partial charge is 0.494 e. The Hall–Kier alpha value is -4.47. The maximum Gasteiger partial charge on any atom is 0.266 e. The number of benzene rings is 1. The molecule has 4 heterocycles. The van der Waals surface area contributed by atoms with Gasteiger partial charge in [-0.15, -0.1) is 0 Å². The lowest BCUT2D eigenvalue weighted by molar-refractivity contribution is -0.121. The number of hydrazone groups is 1. The third-order valence-corrected chi connectivity index (χ3v) is 6.54. The van der Waals surface area contributed by atoms with Crippen LogP contribution in [0.3, 0.4) is 0 Å². The first-order chi connectivity index (χ1) is 18.5. The quantitative estimate of drug-likeness (QED) is 0.343. The molecule has 0 spiro atoms. The van der Waals surface area contributed by atoms with Gasteiger partial charge in [0.05, 0.1) is 36.3 Å². The van der Waals surface area contributed by atoms with Gasteiger partial charge >= 0.3 is 0 Å². The molecule has 196 valence electrons. The topological polar surface area (TPSA) is 112 Å². The number of amides is 1. The van der Waals surface area contributed by atoms with E-state index in [9.17, 15) is 9.59 Å². The van der Waals surface area contributed by atoms with E-state index in [4.69, 9.17) is 9.47 Å². The summed E-state index contributed by atoms with van der Waals surface area (Å²) in [4.78, 5) is 24.0. The monoisotopic (exact) mass is 514 g/mol. The second-order valence-corrected chi connectivity index (χ2v) is 9.22. The third kappa shape index (κ3) is 5.15. The molecule has 1 aliphatic rings. The molecule has 1 N–H and O–H groups in total. The Morgan fingerprint density at radius 2 is 1.87 bits per heavy atom. The molecule has 1 unspecified atom stereocenters. The van der Waals surface area contributed by atoms with Crippen molar-refractivity contribution in [1.29, 1.82) is 0 Å². The van der Waals surface area contributed by atoms with E-state index in [1.807, 2.05) is 49.4 Å². The van der Waals surface area contributed by atoms with Gasteiger partial charge in [0, 0.05) is 43.0 Å². The minimum absolute atomic E-state index is 0.0637. The number of carbonyl (C=O) groups is 1. The van der Waals surface area contributed by atoms with Crippen LogP contribution in [0, 0.1) is 5.92 Å². The maximum absolute atomic E-state index is 12.5. The number of pyridine rings is 1. The molecule has 4 aromatic rings. The van der Waals surface area contributed by atoms with Crippen molar-refractivity contribution in [3.05, 3.63) is 76.2 Å². The summed E-state index contributed by atoms with van der Waals surface area (Å²) in [6.07, 6.45) is 1.84. The molecule has 0 saturated heterocycles. The standard InChI is InChI=1S/C28H30N6O4/c1-4-20-17-24-22(10-13-27(37-3)34(24)31-20)23-11-12-26(36)33(32-23)14-5-15-38-21-8-6-19(7-9-21)28-18(2)16-25(35)29-30-28/h6-13,17-18H,4-5,14-16H2,1-3H3,(H,29,35). The molecule has 10 nitrogen and oxygen atoms in total. The van der Waals surface area contributed by atoms with Crippen LogP contribution >= 0.6 is 0 Å². The van der Waals surface area contributed by atoms with Gasteiger partial charge in [-0.25, -0.2) is 14.6 Å². The number of rotatable bonds is 9. The van der Waals surface area contributed by atoms with Crippen molar-refractivity contribution in [1.82, 2.24) is 24.8 Å². The van der Waals surface area contributed by atoms with Crippen LogP contribution in [0.5, 0.6) is 11.6 Å². The van der Waals surface area contributed by atoms with Gasteiger partial charge in [0.25, 0.3) is 5.56 Å². The van der Waals surface area contributed by atoms with E-state index in [0.29, 0.717) is 37.6 Å². The molecule has 3 aromatic heterocycles. The highest BCUT2D eigenvalue weighted by atomic mass is 16.5. The number of carbonyl (C=O) groups excluding carboxylic acids is 1. The van der Waals surface area contributed by atoms with Gasteiger partial charge in [-0.2, -0.15) is 15.3 Å². The number of aromatic nitrogens is 4. The van der Waals surface area contributed by atoms with Crippen molar-refractivity contribution < 1.29 is 14.3 Å². The molecule has 1 aromatic carbocycles. The maximum atomic E-state index is 12.5. The molecule has 0 saturated carbocycles. The summed E-state index contributed by atoms with van der Waals surface area (Å²) in [6, 6.07) is 16.7. The van der Waals surface area contributed by atoms with E-state index in [1.165, 1.54) is 10.7 Å². The van der Waals surface area contributed by atoms with E-state index in [0.717, 1.165) is 40.2 Å². The zero-order valence-corrected chi connectivity index (χ0v) is 21.7. The lowest BCUT2D eigenvalue weighted by Gasteiger charge is -2.19. The van der Waals surface area contributed by atoms with Crippen molar-refractivity contribution in [2.75, 3.05) is 13.7 Å². The minimum atomic E-state index is -0.167. The number of ether oxygens (including phenoxy) is 2. The van der Waals surface area contributed by atoms with Crippen molar-refractivity contribution >= 4 is 17.1 Å². The molecule has 1 amide bonds. The smallest absolute Gasteiger partial charge is 0.266 e. The molecule has 10 heteroatoms. The summed E-state index contributed by atoms with van der Waals surface area (Å²) >= 11 is 0. The van der Waals surface area contributed by atoms with Crippen LogP contribution in [0.4, 0.5) is 0 Å². The lowest BCUT2D eigenvalue weighted by Crippen LogP contribution is -2.31. The summed E-state index contributed by atoms with van der Waals surface area (Å²) in [5, 5.41) is 13.4. The number of aryl methyl sites for hydroxylation is 2. The summed E-state index contributed by atoms with van der Waals surface area (Å²) in [6.45, 7) is 4.89. The number of nitrogens with one attached hydrogen (secondary N) is 1. The van der Waals surface area contributed by atoms with Gasteiger partial charge in [-0.1, -0.05) is 13.8 Å². The molecule has 1 aliphatic heterocycles. The Labute approximate surface area is 219 Å². The van der Waals surface area contributed by atoms with Crippen LogP contribution < -0.4 is 20.5 Å². The molecule has 38 heavy (non-hydrogen) atoms. The number of hydrogen-bond donors (Lipinski definition) is 1. The van der Waals surface area contributed by atoms with Gasteiger partial charge < -0.3 is 9.47 Å². The first kappa shape index (κ1) is 25.2. The van der Waals surface area contributed by atoms with Crippen LogP contribution in [-0.2, 0) is 17.8 Å². The van der Waals surface area contributed by atoms with E-state index in [1.54, 1.807) is 17.7 Å². The third-order valence-electron chi connectivity index (χ3n) is 6.54. The predicted octanol–water partition coefficient (Wildman–Crippen LogP) is 3.46. The molecule has 5 rings (SSSR count). The number of fused-ring (bicyclic) bond motifs is 1. The van der Waals surface area contributed by atoms with Crippen LogP contribution in [-0.4, -0.2) is 44.7 Å². The molecule has 0 radical (unpaired) electrons. The van der Waals surface area contributed by atoms with Gasteiger partial charge in [-0.05, 0) is 54.4 Å². The number of nitrogens with zero attached hydrogens (tertiary/aromatic N) is 5. The van der Waals surface area contributed by atoms with Gasteiger partial charge in [0.2, 0.25) is 11.8 Å². The normalized spacial score (nSPS) is 15.3. The van der Waals surface area contributed by atoms with E-state index in [2.05, 4.69) is 27.6 Å².